The fraction of sp³-hybridized carbons (Fsp3) is 0. The van der Waals surface area contributed by atoms with E-state index in [-0.39, 0.29) is 0 Å². The van der Waals surface area contributed by atoms with Crippen molar-refractivity contribution < 1.29 is 8.76 Å². The average Bonchev–Trinajstić information content (AvgIpc) is 2.86. The van der Waals surface area contributed by atoms with Crippen LogP contribution in [-0.4, -0.2) is 23.9 Å². The Morgan fingerprint density at radius 1 is 1.21 bits per heavy atom. The molecule has 0 aliphatic heterocycles. The zero-order valence-electron chi connectivity index (χ0n) is 9.66. The zero-order chi connectivity index (χ0) is 13.2. The van der Waals surface area contributed by atoms with Gasteiger partial charge in [0.1, 0.15) is 0 Å². The highest BCUT2D eigenvalue weighted by Gasteiger charge is 2.02. The first-order chi connectivity index (χ1) is 9.22. The van der Waals surface area contributed by atoms with E-state index in [1.807, 2.05) is 6.07 Å². The normalized spacial score (nSPS) is 12.5. The summed E-state index contributed by atoms with van der Waals surface area (Å²) < 4.78 is 23.3. The largest absolute Gasteiger partial charge is 0.755 e. The number of benzene rings is 1. The van der Waals surface area contributed by atoms with Crippen molar-refractivity contribution in [1.82, 2.24) is 15.2 Å². The minimum atomic E-state index is -2.31. The first-order valence-corrected chi connectivity index (χ1v) is 6.55. The van der Waals surface area contributed by atoms with Gasteiger partial charge in [-0.3, -0.25) is 14.3 Å². The van der Waals surface area contributed by atoms with E-state index in [2.05, 4.69) is 19.9 Å². The summed E-state index contributed by atoms with van der Waals surface area (Å²) in [6.45, 7) is 0. The van der Waals surface area contributed by atoms with Crippen LogP contribution < -0.4 is 4.72 Å². The van der Waals surface area contributed by atoms with E-state index < -0.39 is 11.3 Å². The van der Waals surface area contributed by atoms with Crippen LogP contribution in [0.25, 0.3) is 22.2 Å². The Hall–Kier alpha value is -2.25. The molecule has 0 bridgehead atoms. The molecule has 0 amide bonds. The van der Waals surface area contributed by atoms with Gasteiger partial charge in [-0.2, -0.15) is 5.10 Å². The quantitative estimate of drug-likeness (QED) is 0.712. The van der Waals surface area contributed by atoms with E-state index in [0.717, 1.165) is 22.2 Å². The average molecular weight is 273 g/mol. The zero-order valence-corrected chi connectivity index (χ0v) is 10.5. The highest BCUT2D eigenvalue weighted by Crippen LogP contribution is 2.22. The van der Waals surface area contributed by atoms with E-state index in [1.54, 1.807) is 36.7 Å². The summed E-state index contributed by atoms with van der Waals surface area (Å²) in [5.74, 6) is 0. The number of hydrogen-bond donors (Lipinski definition) is 2. The first kappa shape index (κ1) is 11.8. The predicted molar refractivity (Wildman–Crippen MR) is 71.9 cm³/mol. The van der Waals surface area contributed by atoms with Crippen molar-refractivity contribution in [2.24, 2.45) is 0 Å². The monoisotopic (exact) mass is 273 g/mol. The number of hydrogen-bond acceptors (Lipinski definition) is 4. The molecule has 2 heterocycles. The second-order valence-electron chi connectivity index (χ2n) is 3.94. The third-order valence-electron chi connectivity index (χ3n) is 2.71. The molecular weight excluding hydrogens is 264 g/mol. The fourth-order valence-electron chi connectivity index (χ4n) is 1.80. The molecule has 0 saturated heterocycles. The first-order valence-electron chi connectivity index (χ1n) is 5.48. The van der Waals surface area contributed by atoms with Gasteiger partial charge >= 0.3 is 0 Å². The standard InChI is InChI=1S/C12H10N4O2S/c17-19(18)16-10-3-1-8(2-4-10)11-5-12-9(6-13-11)7-14-15-12/h1-7,16H,(H,14,15)(H,17,18)/p-1. The lowest BCUT2D eigenvalue weighted by atomic mass is 10.1. The maximum absolute atomic E-state index is 10.5. The Balaban J connectivity index is 1.94. The van der Waals surface area contributed by atoms with Crippen LogP contribution in [0.2, 0.25) is 0 Å². The summed E-state index contributed by atoms with van der Waals surface area (Å²) in [6.07, 6.45) is 3.45. The van der Waals surface area contributed by atoms with Gasteiger partial charge in [0, 0.05) is 34.1 Å². The smallest absolute Gasteiger partial charge is 0.0723 e. The lowest BCUT2D eigenvalue weighted by Gasteiger charge is -2.08. The molecule has 3 rings (SSSR count). The van der Waals surface area contributed by atoms with E-state index >= 15 is 0 Å². The summed E-state index contributed by atoms with van der Waals surface area (Å²) in [5, 5.41) is 7.77. The summed E-state index contributed by atoms with van der Waals surface area (Å²) in [4.78, 5) is 4.34. The van der Waals surface area contributed by atoms with Crippen LogP contribution >= 0.6 is 0 Å². The van der Waals surface area contributed by atoms with Gasteiger partial charge in [0.2, 0.25) is 0 Å². The Kier molecular flexibility index (Phi) is 2.98. The number of aromatic amines is 1. The number of nitrogens with one attached hydrogen (secondary N) is 2. The minimum Gasteiger partial charge on any atom is -0.755 e. The third-order valence-corrected chi connectivity index (χ3v) is 3.11. The molecule has 19 heavy (non-hydrogen) atoms. The Bertz CT molecular complexity index is 739. The Morgan fingerprint density at radius 3 is 2.74 bits per heavy atom. The molecule has 0 fully saturated rings. The molecule has 1 atom stereocenters. The molecule has 1 unspecified atom stereocenters. The molecule has 2 N–H and O–H groups in total. The van der Waals surface area contributed by atoms with Crippen molar-refractivity contribution in [2.45, 2.75) is 0 Å². The summed E-state index contributed by atoms with van der Waals surface area (Å²) in [5.41, 5.74) is 3.12. The van der Waals surface area contributed by atoms with Crippen LogP contribution in [0.1, 0.15) is 0 Å². The topological polar surface area (TPSA) is 93.7 Å². The number of aromatic nitrogens is 3. The van der Waals surface area contributed by atoms with Gasteiger partial charge in [0.25, 0.3) is 0 Å². The fourth-order valence-corrected chi connectivity index (χ4v) is 2.13. The molecule has 6 nitrogen and oxygen atoms in total. The molecule has 7 heteroatoms. The summed E-state index contributed by atoms with van der Waals surface area (Å²) in [6, 6.07) is 8.88. The lowest BCUT2D eigenvalue weighted by molar-refractivity contribution is 0.542. The minimum absolute atomic E-state index is 0.514. The second kappa shape index (κ2) is 4.79. The molecule has 2 aromatic heterocycles. The molecule has 3 aromatic rings. The highest BCUT2D eigenvalue weighted by molar-refractivity contribution is 7.80. The van der Waals surface area contributed by atoms with Gasteiger partial charge in [-0.05, 0) is 18.2 Å². The van der Waals surface area contributed by atoms with Crippen molar-refractivity contribution in [3.63, 3.8) is 0 Å². The van der Waals surface area contributed by atoms with Crippen molar-refractivity contribution in [3.8, 4) is 11.3 Å². The van der Waals surface area contributed by atoms with Crippen LogP contribution in [0.5, 0.6) is 0 Å². The molecule has 0 saturated carbocycles. The number of fused-ring (bicyclic) bond motifs is 1. The van der Waals surface area contributed by atoms with Crippen molar-refractivity contribution in [3.05, 3.63) is 42.7 Å². The maximum atomic E-state index is 10.5. The van der Waals surface area contributed by atoms with Gasteiger partial charge in [-0.25, -0.2) is 0 Å². The molecule has 0 spiro atoms. The molecule has 96 valence electrons. The summed E-state index contributed by atoms with van der Waals surface area (Å²) in [7, 11) is 0. The van der Waals surface area contributed by atoms with Crippen LogP contribution in [0.3, 0.4) is 0 Å². The molecule has 0 radical (unpaired) electrons. The van der Waals surface area contributed by atoms with Gasteiger partial charge < -0.3 is 9.27 Å². The van der Waals surface area contributed by atoms with E-state index in [1.165, 1.54) is 0 Å². The number of rotatable bonds is 3. The van der Waals surface area contributed by atoms with Crippen LogP contribution in [-0.2, 0) is 11.3 Å². The molecular formula is C12H9N4O2S-. The highest BCUT2D eigenvalue weighted by atomic mass is 32.2. The SMILES string of the molecule is O=S([O-])Nc1ccc(-c2cc3[nH]ncc3cn2)cc1. The number of nitrogens with zero attached hydrogens (tertiary/aromatic N) is 2. The van der Waals surface area contributed by atoms with E-state index in [4.69, 9.17) is 0 Å². The van der Waals surface area contributed by atoms with E-state index in [0.29, 0.717) is 5.69 Å². The number of pyridine rings is 1. The Morgan fingerprint density at radius 2 is 2.00 bits per heavy atom. The van der Waals surface area contributed by atoms with Gasteiger partial charge in [0.05, 0.1) is 17.4 Å². The number of H-pyrrole nitrogens is 1. The van der Waals surface area contributed by atoms with Gasteiger partial charge in [0.15, 0.2) is 0 Å². The van der Waals surface area contributed by atoms with Crippen molar-refractivity contribution >= 4 is 27.9 Å². The van der Waals surface area contributed by atoms with Crippen molar-refractivity contribution in [1.29, 1.82) is 0 Å². The lowest BCUT2D eigenvalue weighted by Crippen LogP contribution is -2.01. The number of anilines is 1. The van der Waals surface area contributed by atoms with Crippen molar-refractivity contribution in [2.75, 3.05) is 4.72 Å². The predicted octanol–water partition coefficient (Wildman–Crippen LogP) is 1.83. The second-order valence-corrected chi connectivity index (χ2v) is 4.61. The van der Waals surface area contributed by atoms with Gasteiger partial charge in [-0.1, -0.05) is 12.1 Å². The summed E-state index contributed by atoms with van der Waals surface area (Å²) >= 11 is -2.31. The molecule has 0 aliphatic carbocycles. The molecule has 0 aliphatic rings. The Labute approximate surface area is 111 Å². The maximum Gasteiger partial charge on any atom is 0.0723 e. The third kappa shape index (κ3) is 2.47. The van der Waals surface area contributed by atoms with Crippen LogP contribution in [0.15, 0.2) is 42.7 Å². The van der Waals surface area contributed by atoms with E-state index in [9.17, 15) is 8.76 Å². The van der Waals surface area contributed by atoms with Crippen LogP contribution in [0, 0.1) is 0 Å². The van der Waals surface area contributed by atoms with Crippen LogP contribution in [0.4, 0.5) is 5.69 Å². The van der Waals surface area contributed by atoms with Gasteiger partial charge in [-0.15, -0.1) is 0 Å². The molecule has 1 aromatic carbocycles.